The van der Waals surface area contributed by atoms with Crippen molar-refractivity contribution in [3.8, 4) is 5.75 Å². The fourth-order valence-corrected chi connectivity index (χ4v) is 2.59. The average Bonchev–Trinajstić information content (AvgIpc) is 2.63. The summed E-state index contributed by atoms with van der Waals surface area (Å²) in [6.07, 6.45) is 0. The van der Waals surface area contributed by atoms with Gasteiger partial charge >= 0.3 is 12.6 Å². The summed E-state index contributed by atoms with van der Waals surface area (Å²) in [5.74, 6) is -2.36. The molecule has 0 spiro atoms. The lowest BCUT2D eigenvalue weighted by Crippen LogP contribution is -2.30. The van der Waals surface area contributed by atoms with E-state index >= 15 is 0 Å². The van der Waals surface area contributed by atoms with E-state index in [2.05, 4.69) is 4.74 Å². The molecule has 0 bridgehead atoms. The molecule has 0 N–H and O–H groups in total. The summed E-state index contributed by atoms with van der Waals surface area (Å²) in [5, 5.41) is -0.356. The average molecular weight is 436 g/mol. The number of rotatable bonds is 7. The van der Waals surface area contributed by atoms with Gasteiger partial charge in [-0.15, -0.1) is 0 Å². The molecule has 28 heavy (non-hydrogen) atoms. The highest BCUT2D eigenvalue weighted by molar-refractivity contribution is 6.36. The molecule has 2 aromatic carbocycles. The second-order valence-corrected chi connectivity index (χ2v) is 6.41. The van der Waals surface area contributed by atoms with Crippen molar-refractivity contribution in [3.63, 3.8) is 0 Å². The maximum absolute atomic E-state index is 13.5. The van der Waals surface area contributed by atoms with Crippen molar-refractivity contribution in [1.29, 1.82) is 0 Å². The van der Waals surface area contributed by atoms with Crippen molar-refractivity contribution in [1.82, 2.24) is 4.90 Å². The van der Waals surface area contributed by atoms with Crippen molar-refractivity contribution >= 4 is 35.1 Å². The standard InChI is InChI=1S/C18H14Cl2F3NO4/c1-24(8-10-2-4-11(5-3-10)28-18(22)23)16(25)9-27-17(26)12-6-15(21)14(20)7-13(12)19/h2-7,18H,8-9H2,1H3. The first-order chi connectivity index (χ1) is 13.2. The molecule has 0 atom stereocenters. The number of halogens is 5. The van der Waals surface area contributed by atoms with E-state index in [1.807, 2.05) is 0 Å². The van der Waals surface area contributed by atoms with Gasteiger partial charge in [-0.1, -0.05) is 35.3 Å². The van der Waals surface area contributed by atoms with E-state index in [0.717, 1.165) is 12.1 Å². The van der Waals surface area contributed by atoms with Crippen LogP contribution in [0.5, 0.6) is 5.75 Å². The number of hydrogen-bond acceptors (Lipinski definition) is 4. The van der Waals surface area contributed by atoms with Gasteiger partial charge in [0.15, 0.2) is 6.61 Å². The van der Waals surface area contributed by atoms with Crippen LogP contribution in [-0.4, -0.2) is 37.0 Å². The number of hydrogen-bond donors (Lipinski definition) is 0. The Labute approximate surface area is 168 Å². The molecule has 150 valence electrons. The maximum Gasteiger partial charge on any atom is 0.387 e. The normalized spacial score (nSPS) is 10.7. The van der Waals surface area contributed by atoms with Crippen LogP contribution in [0.2, 0.25) is 10.0 Å². The van der Waals surface area contributed by atoms with Crippen LogP contribution < -0.4 is 4.74 Å². The van der Waals surface area contributed by atoms with Crippen molar-refractivity contribution in [2.24, 2.45) is 0 Å². The van der Waals surface area contributed by atoms with Crippen molar-refractivity contribution in [2.75, 3.05) is 13.7 Å². The fourth-order valence-electron chi connectivity index (χ4n) is 2.13. The highest BCUT2D eigenvalue weighted by Gasteiger charge is 2.18. The van der Waals surface area contributed by atoms with Gasteiger partial charge in [-0.3, -0.25) is 4.79 Å². The van der Waals surface area contributed by atoms with E-state index in [4.69, 9.17) is 27.9 Å². The Hall–Kier alpha value is -2.45. The van der Waals surface area contributed by atoms with Crippen LogP contribution in [0, 0.1) is 5.82 Å². The van der Waals surface area contributed by atoms with E-state index in [-0.39, 0.29) is 27.9 Å². The van der Waals surface area contributed by atoms with E-state index in [9.17, 15) is 22.8 Å². The Morgan fingerprint density at radius 2 is 1.75 bits per heavy atom. The van der Waals surface area contributed by atoms with Crippen LogP contribution in [0.4, 0.5) is 13.2 Å². The van der Waals surface area contributed by atoms with Gasteiger partial charge in [0.1, 0.15) is 11.6 Å². The highest BCUT2D eigenvalue weighted by Crippen LogP contribution is 2.25. The predicted octanol–water partition coefficient (Wildman–Crippen LogP) is 4.55. The quantitative estimate of drug-likeness (QED) is 0.472. The third kappa shape index (κ3) is 6.03. The van der Waals surface area contributed by atoms with Crippen molar-refractivity contribution in [2.45, 2.75) is 13.2 Å². The van der Waals surface area contributed by atoms with Gasteiger partial charge < -0.3 is 14.4 Å². The Morgan fingerprint density at radius 1 is 1.11 bits per heavy atom. The third-order valence-electron chi connectivity index (χ3n) is 3.55. The summed E-state index contributed by atoms with van der Waals surface area (Å²) in [4.78, 5) is 25.3. The molecule has 0 saturated carbocycles. The largest absolute Gasteiger partial charge is 0.452 e. The molecule has 0 aliphatic heterocycles. The van der Waals surface area contributed by atoms with Gasteiger partial charge in [0, 0.05) is 13.6 Å². The lowest BCUT2D eigenvalue weighted by atomic mass is 10.2. The lowest BCUT2D eigenvalue weighted by molar-refractivity contribution is -0.133. The summed E-state index contributed by atoms with van der Waals surface area (Å²) in [6.45, 7) is -3.38. The van der Waals surface area contributed by atoms with E-state index in [1.54, 1.807) is 0 Å². The van der Waals surface area contributed by atoms with Gasteiger partial charge in [-0.05, 0) is 29.8 Å². The third-order valence-corrected chi connectivity index (χ3v) is 4.15. The van der Waals surface area contributed by atoms with Gasteiger partial charge in [0.2, 0.25) is 0 Å². The van der Waals surface area contributed by atoms with E-state index < -0.39 is 30.9 Å². The molecule has 2 aromatic rings. The maximum atomic E-state index is 13.5. The molecule has 5 nitrogen and oxygen atoms in total. The number of alkyl halides is 2. The molecule has 0 fully saturated rings. The number of nitrogens with zero attached hydrogens (tertiary/aromatic N) is 1. The van der Waals surface area contributed by atoms with Crippen molar-refractivity contribution < 1.29 is 32.2 Å². The SMILES string of the molecule is CN(Cc1ccc(OC(F)F)cc1)C(=O)COC(=O)c1cc(F)c(Cl)cc1Cl. The van der Waals surface area contributed by atoms with Crippen LogP contribution >= 0.6 is 23.2 Å². The zero-order chi connectivity index (χ0) is 20.8. The predicted molar refractivity (Wildman–Crippen MR) is 96.3 cm³/mol. The molecule has 10 heteroatoms. The van der Waals surface area contributed by atoms with E-state index in [0.29, 0.717) is 5.56 Å². The monoisotopic (exact) mass is 435 g/mol. The Kier molecular flexibility index (Phi) is 7.53. The first kappa shape index (κ1) is 21.8. The van der Waals surface area contributed by atoms with E-state index in [1.165, 1.54) is 36.2 Å². The molecule has 2 rings (SSSR count). The minimum atomic E-state index is -2.92. The second-order valence-electron chi connectivity index (χ2n) is 5.59. The van der Waals surface area contributed by atoms with Gasteiger partial charge in [0.05, 0.1) is 15.6 Å². The van der Waals surface area contributed by atoms with Crippen LogP contribution in [0.3, 0.4) is 0 Å². The topological polar surface area (TPSA) is 55.8 Å². The molecule has 0 radical (unpaired) electrons. The summed E-state index contributed by atoms with van der Waals surface area (Å²) in [7, 11) is 1.47. The number of ether oxygens (including phenoxy) is 2. The van der Waals surface area contributed by atoms with Gasteiger partial charge in [-0.2, -0.15) is 8.78 Å². The number of carbonyl (C=O) groups excluding carboxylic acids is 2. The second kappa shape index (κ2) is 9.66. The fraction of sp³-hybridized carbons (Fsp3) is 0.222. The lowest BCUT2D eigenvalue weighted by Gasteiger charge is -2.17. The van der Waals surface area contributed by atoms with Crippen LogP contribution in [0.1, 0.15) is 15.9 Å². The minimum Gasteiger partial charge on any atom is -0.452 e. The molecule has 0 aromatic heterocycles. The summed E-state index contributed by atoms with van der Waals surface area (Å²) in [5.41, 5.74) is 0.389. The molecule has 0 unspecified atom stereocenters. The first-order valence-electron chi connectivity index (χ1n) is 7.76. The molecule has 1 amide bonds. The molecular formula is C18H14Cl2F3NO4. The first-order valence-corrected chi connectivity index (χ1v) is 8.52. The Balaban J connectivity index is 1.90. The molecule has 0 aliphatic carbocycles. The zero-order valence-corrected chi connectivity index (χ0v) is 15.9. The van der Waals surface area contributed by atoms with Crippen LogP contribution in [0.25, 0.3) is 0 Å². The number of carbonyl (C=O) groups is 2. The molecular weight excluding hydrogens is 422 g/mol. The van der Waals surface area contributed by atoms with Crippen LogP contribution in [0.15, 0.2) is 36.4 Å². The Morgan fingerprint density at radius 3 is 2.36 bits per heavy atom. The zero-order valence-electron chi connectivity index (χ0n) is 14.4. The number of likely N-dealkylation sites (N-methyl/N-ethyl adjacent to an activating group) is 1. The highest BCUT2D eigenvalue weighted by atomic mass is 35.5. The van der Waals surface area contributed by atoms with Crippen LogP contribution in [-0.2, 0) is 16.1 Å². The molecule has 0 aliphatic rings. The summed E-state index contributed by atoms with van der Waals surface area (Å²) in [6, 6.07) is 7.61. The Bertz CT molecular complexity index is 863. The molecule has 0 heterocycles. The smallest absolute Gasteiger partial charge is 0.387 e. The summed E-state index contributed by atoms with van der Waals surface area (Å²) >= 11 is 11.4. The number of amides is 1. The summed E-state index contributed by atoms with van der Waals surface area (Å²) < 4.78 is 46.8. The van der Waals surface area contributed by atoms with Crippen molar-refractivity contribution in [3.05, 3.63) is 63.4 Å². The number of benzene rings is 2. The van der Waals surface area contributed by atoms with Gasteiger partial charge in [0.25, 0.3) is 5.91 Å². The minimum absolute atomic E-state index is 0.00580. The van der Waals surface area contributed by atoms with Gasteiger partial charge in [-0.25, -0.2) is 9.18 Å². The molecule has 0 saturated heterocycles. The number of esters is 1.